The second-order valence-corrected chi connectivity index (χ2v) is 8.78. The van der Waals surface area contributed by atoms with Gasteiger partial charge in [-0.25, -0.2) is 9.78 Å². The maximum atomic E-state index is 13.1. The summed E-state index contributed by atoms with van der Waals surface area (Å²) in [5.41, 5.74) is 2.04. The number of amides is 2. The molecule has 178 valence electrons. The molecule has 0 aliphatic carbocycles. The zero-order valence-electron chi connectivity index (χ0n) is 19.0. The normalized spacial score (nSPS) is 10.7. The number of fused-ring (bicyclic) bond motifs is 1. The molecule has 0 fully saturated rings. The molecule has 2 heterocycles. The smallest absolute Gasteiger partial charge is 0.349 e. The van der Waals surface area contributed by atoms with Crippen molar-refractivity contribution in [2.45, 2.75) is 27.0 Å². The summed E-state index contributed by atoms with van der Waals surface area (Å²) >= 11 is 1.09. The molecule has 2 aromatic heterocycles. The Balaban J connectivity index is 1.47. The Morgan fingerprint density at radius 1 is 1.00 bits per heavy atom. The lowest BCUT2D eigenvalue weighted by Crippen LogP contribution is -2.27. The number of hydrogen-bond donors (Lipinski definition) is 2. The Bertz CT molecular complexity index is 1460. The standard InChI is InChI=1S/C25H22N4O5S/c1-15-21-23(35-22(15)25(33)34-13-17-6-4-3-5-7-17)26-14-29(24(21)32)12-20(31)28-19-10-8-18(9-11-19)27-16(2)30/h3-11,14H,12-13H2,1-2H3,(H,27,30)(H,28,31). The molecule has 2 amide bonds. The van der Waals surface area contributed by atoms with Crippen LogP contribution in [0.5, 0.6) is 0 Å². The Hall–Kier alpha value is -4.31. The van der Waals surface area contributed by atoms with E-state index in [0.717, 1.165) is 16.9 Å². The molecule has 4 rings (SSSR count). The van der Waals surface area contributed by atoms with E-state index in [1.807, 2.05) is 30.3 Å². The van der Waals surface area contributed by atoms with Crippen molar-refractivity contribution in [1.82, 2.24) is 9.55 Å². The quantitative estimate of drug-likeness (QED) is 0.381. The van der Waals surface area contributed by atoms with Gasteiger partial charge in [0.1, 0.15) is 22.9 Å². The number of aromatic nitrogens is 2. The zero-order chi connectivity index (χ0) is 24.9. The summed E-state index contributed by atoms with van der Waals surface area (Å²) in [6.07, 6.45) is 1.29. The topological polar surface area (TPSA) is 119 Å². The number of carbonyl (C=O) groups excluding carboxylic acids is 3. The van der Waals surface area contributed by atoms with Crippen molar-refractivity contribution >= 4 is 50.7 Å². The van der Waals surface area contributed by atoms with Crippen LogP contribution >= 0.6 is 11.3 Å². The van der Waals surface area contributed by atoms with E-state index < -0.39 is 17.4 Å². The van der Waals surface area contributed by atoms with E-state index in [1.54, 1.807) is 31.2 Å². The number of esters is 1. The number of ether oxygens (including phenoxy) is 1. The lowest BCUT2D eigenvalue weighted by molar-refractivity contribution is -0.117. The van der Waals surface area contributed by atoms with Gasteiger partial charge in [-0.15, -0.1) is 11.3 Å². The third-order valence-corrected chi connectivity index (χ3v) is 6.30. The van der Waals surface area contributed by atoms with Gasteiger partial charge in [0.2, 0.25) is 11.8 Å². The second-order valence-electron chi connectivity index (χ2n) is 7.78. The molecular weight excluding hydrogens is 468 g/mol. The molecule has 2 N–H and O–H groups in total. The Morgan fingerprint density at radius 2 is 1.66 bits per heavy atom. The molecule has 0 unspecified atom stereocenters. The fourth-order valence-corrected chi connectivity index (χ4v) is 4.48. The van der Waals surface area contributed by atoms with E-state index in [-0.39, 0.29) is 24.4 Å². The Labute approximate surface area is 204 Å². The van der Waals surface area contributed by atoms with E-state index >= 15 is 0 Å². The number of aryl methyl sites for hydroxylation is 1. The maximum Gasteiger partial charge on any atom is 0.349 e. The predicted molar refractivity (Wildman–Crippen MR) is 134 cm³/mol. The number of hydrogen-bond acceptors (Lipinski definition) is 7. The number of rotatable bonds is 7. The van der Waals surface area contributed by atoms with E-state index in [9.17, 15) is 19.2 Å². The molecule has 2 aromatic carbocycles. The SMILES string of the molecule is CC(=O)Nc1ccc(NC(=O)Cn2cnc3sc(C(=O)OCc4ccccc4)c(C)c3c2=O)cc1. The highest BCUT2D eigenvalue weighted by atomic mass is 32.1. The van der Waals surface area contributed by atoms with Gasteiger partial charge in [-0.05, 0) is 42.3 Å². The number of benzene rings is 2. The molecule has 0 radical (unpaired) electrons. The molecule has 4 aromatic rings. The fraction of sp³-hybridized carbons (Fsp3) is 0.160. The van der Waals surface area contributed by atoms with E-state index in [1.165, 1.54) is 17.8 Å². The zero-order valence-corrected chi connectivity index (χ0v) is 19.8. The minimum Gasteiger partial charge on any atom is -0.457 e. The molecule has 35 heavy (non-hydrogen) atoms. The van der Waals surface area contributed by atoms with Gasteiger partial charge in [0.25, 0.3) is 5.56 Å². The Morgan fingerprint density at radius 3 is 2.31 bits per heavy atom. The minimum absolute atomic E-state index is 0.122. The van der Waals surface area contributed by atoms with Crippen molar-refractivity contribution in [2.75, 3.05) is 10.6 Å². The summed E-state index contributed by atoms with van der Waals surface area (Å²) < 4.78 is 6.60. The monoisotopic (exact) mass is 490 g/mol. The van der Waals surface area contributed by atoms with Gasteiger partial charge in [-0.3, -0.25) is 19.0 Å². The van der Waals surface area contributed by atoms with Crippen LogP contribution < -0.4 is 16.2 Å². The third-order valence-electron chi connectivity index (χ3n) is 5.12. The van der Waals surface area contributed by atoms with Gasteiger partial charge < -0.3 is 15.4 Å². The van der Waals surface area contributed by atoms with Crippen molar-refractivity contribution in [2.24, 2.45) is 0 Å². The first kappa shape index (κ1) is 23.8. The van der Waals surface area contributed by atoms with Gasteiger partial charge >= 0.3 is 5.97 Å². The predicted octanol–water partition coefficient (Wildman–Crippen LogP) is 3.72. The summed E-state index contributed by atoms with van der Waals surface area (Å²) in [4.78, 5) is 54.3. The molecule has 0 aliphatic heterocycles. The number of thiophene rings is 1. The fourth-order valence-electron chi connectivity index (χ4n) is 3.45. The molecular formula is C25H22N4O5S. The first-order valence-electron chi connectivity index (χ1n) is 10.7. The van der Waals surface area contributed by atoms with Crippen LogP contribution in [-0.4, -0.2) is 27.3 Å². The summed E-state index contributed by atoms with van der Waals surface area (Å²) in [5, 5.41) is 5.64. The van der Waals surface area contributed by atoms with Crippen LogP contribution in [0.4, 0.5) is 11.4 Å². The average molecular weight is 491 g/mol. The van der Waals surface area contributed by atoms with Crippen LogP contribution in [0, 0.1) is 6.92 Å². The molecule has 0 bridgehead atoms. The third kappa shape index (κ3) is 5.61. The van der Waals surface area contributed by atoms with E-state index in [0.29, 0.717) is 26.6 Å². The second kappa shape index (κ2) is 10.3. The molecule has 0 atom stereocenters. The van der Waals surface area contributed by atoms with Crippen molar-refractivity contribution in [3.63, 3.8) is 0 Å². The minimum atomic E-state index is -0.527. The largest absolute Gasteiger partial charge is 0.457 e. The highest BCUT2D eigenvalue weighted by molar-refractivity contribution is 7.20. The summed E-state index contributed by atoms with van der Waals surface area (Å²) in [6, 6.07) is 15.9. The summed E-state index contributed by atoms with van der Waals surface area (Å²) in [7, 11) is 0. The molecule has 0 spiro atoms. The number of carbonyl (C=O) groups is 3. The number of nitrogens with one attached hydrogen (secondary N) is 2. The maximum absolute atomic E-state index is 13.1. The van der Waals surface area contributed by atoms with Crippen LogP contribution in [0.25, 0.3) is 10.2 Å². The summed E-state index contributed by atoms with van der Waals surface area (Å²) in [5.74, 6) is -1.14. The van der Waals surface area contributed by atoms with Crippen molar-refractivity contribution in [3.05, 3.63) is 87.3 Å². The summed E-state index contributed by atoms with van der Waals surface area (Å²) in [6.45, 7) is 2.95. The van der Waals surface area contributed by atoms with Crippen LogP contribution in [0.3, 0.4) is 0 Å². The molecule has 0 saturated heterocycles. The van der Waals surface area contributed by atoms with Crippen LogP contribution in [0.15, 0.2) is 65.7 Å². The van der Waals surface area contributed by atoms with Gasteiger partial charge in [-0.1, -0.05) is 30.3 Å². The van der Waals surface area contributed by atoms with Crippen LogP contribution in [0.2, 0.25) is 0 Å². The van der Waals surface area contributed by atoms with Crippen LogP contribution in [0.1, 0.15) is 27.7 Å². The van der Waals surface area contributed by atoms with Gasteiger partial charge in [0.05, 0.1) is 11.7 Å². The molecule has 9 nitrogen and oxygen atoms in total. The first-order chi connectivity index (χ1) is 16.8. The van der Waals surface area contributed by atoms with Gasteiger partial charge in [-0.2, -0.15) is 0 Å². The van der Waals surface area contributed by atoms with Gasteiger partial charge in [0, 0.05) is 18.3 Å². The highest BCUT2D eigenvalue weighted by Crippen LogP contribution is 2.27. The average Bonchev–Trinajstić information content (AvgIpc) is 3.18. The van der Waals surface area contributed by atoms with Crippen LogP contribution in [-0.2, 0) is 27.5 Å². The molecule has 0 aliphatic rings. The highest BCUT2D eigenvalue weighted by Gasteiger charge is 2.21. The van der Waals surface area contributed by atoms with E-state index in [2.05, 4.69) is 15.6 Å². The van der Waals surface area contributed by atoms with Crippen molar-refractivity contribution < 1.29 is 19.1 Å². The van der Waals surface area contributed by atoms with Crippen molar-refractivity contribution in [1.29, 1.82) is 0 Å². The molecule has 0 saturated carbocycles. The lowest BCUT2D eigenvalue weighted by Gasteiger charge is -2.08. The first-order valence-corrected chi connectivity index (χ1v) is 11.5. The number of anilines is 2. The molecule has 10 heteroatoms. The van der Waals surface area contributed by atoms with Crippen molar-refractivity contribution in [3.8, 4) is 0 Å². The Kier molecular flexibility index (Phi) is 7.02. The lowest BCUT2D eigenvalue weighted by atomic mass is 10.2. The van der Waals surface area contributed by atoms with Gasteiger partial charge in [0.15, 0.2) is 0 Å². The number of nitrogens with zero attached hydrogens (tertiary/aromatic N) is 2. The van der Waals surface area contributed by atoms with E-state index in [4.69, 9.17) is 4.74 Å².